The van der Waals surface area contributed by atoms with E-state index in [1.54, 1.807) is 19.2 Å². The lowest BCUT2D eigenvalue weighted by molar-refractivity contribution is 0.483. The maximum absolute atomic E-state index is 10.1. The van der Waals surface area contributed by atoms with Crippen molar-refractivity contribution in [3.63, 3.8) is 0 Å². The molecular formula is C16H25N5O. The number of phenols is 1. The zero-order chi connectivity index (χ0) is 17.1. The molecule has 6 heteroatoms. The van der Waals surface area contributed by atoms with Crippen molar-refractivity contribution in [2.75, 3.05) is 19.8 Å². The number of fused-ring (bicyclic) bond motifs is 1. The van der Waals surface area contributed by atoms with Crippen molar-refractivity contribution in [3.8, 4) is 5.75 Å². The smallest absolute Gasteiger partial charge is 0.153 e. The average Bonchev–Trinajstić information content (AvgIpc) is 2.56. The van der Waals surface area contributed by atoms with E-state index in [-0.39, 0.29) is 5.75 Å². The Morgan fingerprint density at radius 2 is 1.27 bits per heavy atom. The van der Waals surface area contributed by atoms with E-state index in [9.17, 15) is 5.11 Å². The Bertz CT molecular complexity index is 598. The molecule has 0 saturated heterocycles. The normalized spacial score (nSPS) is 10.3. The highest BCUT2D eigenvalue weighted by Crippen LogP contribution is 2.41. The molecule has 0 amide bonds. The number of aromatic hydroxyl groups is 1. The van der Waals surface area contributed by atoms with Gasteiger partial charge in [0.25, 0.3) is 0 Å². The largest absolute Gasteiger partial charge is 0.505 e. The number of hydrogen-bond donors (Lipinski definition) is 2. The summed E-state index contributed by atoms with van der Waals surface area (Å²) in [5.74, 6) is 0.00348. The van der Waals surface area contributed by atoms with E-state index in [0.29, 0.717) is 22.4 Å². The summed E-state index contributed by atoms with van der Waals surface area (Å²) in [7, 11) is 3.10. The third kappa shape index (κ3) is 4.25. The van der Waals surface area contributed by atoms with Gasteiger partial charge in [-0.1, -0.05) is 39.8 Å². The lowest BCUT2D eigenvalue weighted by Crippen LogP contribution is -1.88. The van der Waals surface area contributed by atoms with E-state index < -0.39 is 0 Å². The van der Waals surface area contributed by atoms with Crippen molar-refractivity contribution in [1.29, 1.82) is 0 Å². The van der Waals surface area contributed by atoms with Crippen LogP contribution in [-0.4, -0.2) is 19.2 Å². The van der Waals surface area contributed by atoms with Crippen LogP contribution in [0.2, 0.25) is 0 Å². The second-order valence-corrected chi connectivity index (χ2v) is 3.63. The molecule has 0 spiro atoms. The summed E-state index contributed by atoms with van der Waals surface area (Å²) in [5, 5.41) is 26.6. The van der Waals surface area contributed by atoms with Gasteiger partial charge in [-0.3, -0.25) is 0 Å². The molecule has 0 saturated carbocycles. The Hall–Kier alpha value is -2.50. The molecule has 0 aliphatic rings. The Kier molecular flexibility index (Phi) is 9.09. The van der Waals surface area contributed by atoms with Crippen LogP contribution in [0.15, 0.2) is 44.7 Å². The minimum absolute atomic E-state index is 0.00348. The van der Waals surface area contributed by atoms with Crippen molar-refractivity contribution in [1.82, 2.24) is 0 Å². The highest BCUT2D eigenvalue weighted by molar-refractivity contribution is 6.04. The third-order valence-corrected chi connectivity index (χ3v) is 2.57. The van der Waals surface area contributed by atoms with Crippen LogP contribution in [0.5, 0.6) is 5.75 Å². The van der Waals surface area contributed by atoms with E-state index in [4.69, 9.17) is 5.73 Å². The second-order valence-electron chi connectivity index (χ2n) is 3.63. The van der Waals surface area contributed by atoms with Gasteiger partial charge < -0.3 is 10.8 Å². The summed E-state index contributed by atoms with van der Waals surface area (Å²) in [6.45, 7) is 8.00. The molecular weight excluding hydrogens is 278 g/mol. The fourth-order valence-electron chi connectivity index (χ4n) is 1.79. The molecule has 2 rings (SSSR count). The molecule has 0 aromatic heterocycles. The first-order chi connectivity index (χ1) is 10.7. The quantitative estimate of drug-likeness (QED) is 0.557. The number of azo groups is 2. The number of nitrogens with zero attached hydrogens (tertiary/aromatic N) is 4. The van der Waals surface area contributed by atoms with Crippen LogP contribution in [0.1, 0.15) is 27.7 Å². The minimum Gasteiger partial charge on any atom is -0.505 e. The molecule has 6 nitrogen and oxygen atoms in total. The number of anilines is 1. The Labute approximate surface area is 131 Å². The molecule has 0 unspecified atom stereocenters. The number of nitrogens with two attached hydrogens (primary N) is 1. The lowest BCUT2D eigenvalue weighted by Gasteiger charge is -2.08. The van der Waals surface area contributed by atoms with Gasteiger partial charge >= 0.3 is 0 Å². The third-order valence-electron chi connectivity index (χ3n) is 2.57. The summed E-state index contributed by atoms with van der Waals surface area (Å²) >= 11 is 0. The standard InChI is InChI=1S/C12H13N5O.2C2H6/c1-14-16-8-5-3-7-4-6-9(17-15-2)12(18)10(7)11(8)13;2*1-2/h3-6,18H,13H2,1-2H3;2*1-2H3. The predicted octanol–water partition coefficient (Wildman–Crippen LogP) is 5.61. The van der Waals surface area contributed by atoms with Gasteiger partial charge in [0.15, 0.2) is 5.75 Å². The first-order valence-corrected chi connectivity index (χ1v) is 7.33. The summed E-state index contributed by atoms with van der Waals surface area (Å²) < 4.78 is 0. The predicted molar refractivity (Wildman–Crippen MR) is 93.6 cm³/mol. The van der Waals surface area contributed by atoms with E-state index in [1.165, 1.54) is 7.05 Å². The topological polar surface area (TPSA) is 95.7 Å². The average molecular weight is 303 g/mol. The molecule has 0 heterocycles. The number of nitrogen functional groups attached to an aromatic ring is 1. The van der Waals surface area contributed by atoms with Gasteiger partial charge in [0.05, 0.1) is 11.1 Å². The van der Waals surface area contributed by atoms with Crippen molar-refractivity contribution >= 4 is 27.8 Å². The van der Waals surface area contributed by atoms with Crippen LogP contribution in [0.4, 0.5) is 17.1 Å². The van der Waals surface area contributed by atoms with Gasteiger partial charge in [-0.2, -0.15) is 20.5 Å². The van der Waals surface area contributed by atoms with Crippen LogP contribution < -0.4 is 5.73 Å². The molecule has 0 atom stereocenters. The molecule has 0 aliphatic carbocycles. The lowest BCUT2D eigenvalue weighted by atomic mass is 10.1. The number of hydrogen-bond acceptors (Lipinski definition) is 6. The molecule has 2 aromatic rings. The molecule has 0 bridgehead atoms. The fourth-order valence-corrected chi connectivity index (χ4v) is 1.79. The Morgan fingerprint density at radius 3 is 1.77 bits per heavy atom. The highest BCUT2D eigenvalue weighted by atomic mass is 16.3. The number of rotatable bonds is 2. The summed E-state index contributed by atoms with van der Waals surface area (Å²) in [6.07, 6.45) is 0. The monoisotopic (exact) mass is 303 g/mol. The summed E-state index contributed by atoms with van der Waals surface area (Å²) in [5.41, 5.74) is 7.26. The van der Waals surface area contributed by atoms with Gasteiger partial charge in [-0.05, 0) is 17.5 Å². The van der Waals surface area contributed by atoms with Crippen molar-refractivity contribution < 1.29 is 5.11 Å². The number of benzene rings is 2. The molecule has 0 aliphatic heterocycles. The fraction of sp³-hybridized carbons (Fsp3) is 0.375. The molecule has 2 aromatic carbocycles. The maximum Gasteiger partial charge on any atom is 0.153 e. The van der Waals surface area contributed by atoms with Crippen LogP contribution in [0, 0.1) is 0 Å². The molecule has 3 N–H and O–H groups in total. The highest BCUT2D eigenvalue weighted by Gasteiger charge is 2.11. The van der Waals surface area contributed by atoms with Gasteiger partial charge in [0.1, 0.15) is 11.4 Å². The van der Waals surface area contributed by atoms with E-state index in [2.05, 4.69) is 20.5 Å². The number of phenolic OH excluding ortho intramolecular Hbond substituents is 1. The first kappa shape index (κ1) is 19.5. The molecule has 0 fully saturated rings. The van der Waals surface area contributed by atoms with E-state index in [1.807, 2.05) is 39.8 Å². The van der Waals surface area contributed by atoms with Gasteiger partial charge in [-0.25, -0.2) is 0 Å². The maximum atomic E-state index is 10.1. The first-order valence-electron chi connectivity index (χ1n) is 7.33. The molecule has 0 radical (unpaired) electrons. The Balaban J connectivity index is 0.00000102. The zero-order valence-corrected chi connectivity index (χ0v) is 14.1. The van der Waals surface area contributed by atoms with Crippen LogP contribution >= 0.6 is 0 Å². The molecule has 22 heavy (non-hydrogen) atoms. The zero-order valence-electron chi connectivity index (χ0n) is 14.1. The van der Waals surface area contributed by atoms with Crippen molar-refractivity contribution in [3.05, 3.63) is 24.3 Å². The van der Waals surface area contributed by atoms with Gasteiger partial charge in [0.2, 0.25) is 0 Å². The second kappa shape index (κ2) is 10.3. The SMILES string of the molecule is CC.CC.CN=Nc1ccc2ccc(N=NC)c(O)c2c1N. The Morgan fingerprint density at radius 1 is 0.818 bits per heavy atom. The van der Waals surface area contributed by atoms with Crippen LogP contribution in [-0.2, 0) is 0 Å². The van der Waals surface area contributed by atoms with Crippen molar-refractivity contribution in [2.24, 2.45) is 20.5 Å². The van der Waals surface area contributed by atoms with Crippen LogP contribution in [0.25, 0.3) is 10.8 Å². The summed E-state index contributed by atoms with van der Waals surface area (Å²) in [4.78, 5) is 0. The van der Waals surface area contributed by atoms with Gasteiger partial charge in [0, 0.05) is 14.1 Å². The summed E-state index contributed by atoms with van der Waals surface area (Å²) in [6, 6.07) is 7.08. The van der Waals surface area contributed by atoms with E-state index in [0.717, 1.165) is 5.39 Å². The minimum atomic E-state index is 0.00348. The van der Waals surface area contributed by atoms with E-state index >= 15 is 0 Å². The van der Waals surface area contributed by atoms with Crippen molar-refractivity contribution in [2.45, 2.75) is 27.7 Å². The van der Waals surface area contributed by atoms with Crippen LogP contribution in [0.3, 0.4) is 0 Å². The van der Waals surface area contributed by atoms with Gasteiger partial charge in [-0.15, -0.1) is 0 Å². The molecule has 120 valence electrons.